The lowest BCUT2D eigenvalue weighted by atomic mass is 10.2. The lowest BCUT2D eigenvalue weighted by Gasteiger charge is -2.19. The van der Waals surface area contributed by atoms with Crippen molar-refractivity contribution in [1.82, 2.24) is 9.62 Å². The second kappa shape index (κ2) is 6.19. The van der Waals surface area contributed by atoms with Gasteiger partial charge in [0.05, 0.1) is 3.79 Å². The highest BCUT2D eigenvalue weighted by Gasteiger charge is 2.25. The van der Waals surface area contributed by atoms with Crippen molar-refractivity contribution in [2.75, 3.05) is 20.1 Å². The monoisotopic (exact) mass is 367 g/mol. The fourth-order valence-electron chi connectivity index (χ4n) is 2.20. The molecule has 0 amide bonds. The zero-order valence-corrected chi connectivity index (χ0v) is 13.9. The molecule has 1 atom stereocenters. The quantitative estimate of drug-likeness (QED) is 0.823. The second-order valence-electron chi connectivity index (χ2n) is 4.68. The predicted octanol–water partition coefficient (Wildman–Crippen LogP) is 1.34. The zero-order chi connectivity index (χ0) is 14.0. The van der Waals surface area contributed by atoms with E-state index in [4.69, 9.17) is 5.73 Å². The third-order valence-corrected chi connectivity index (χ3v) is 7.08. The summed E-state index contributed by atoms with van der Waals surface area (Å²) in [7, 11) is -1.43. The number of sulfonamides is 1. The van der Waals surface area contributed by atoms with Gasteiger partial charge in [0.1, 0.15) is 4.90 Å². The Hall–Kier alpha value is 0.01000. The summed E-state index contributed by atoms with van der Waals surface area (Å²) >= 11 is 4.65. The molecule has 1 aromatic heterocycles. The van der Waals surface area contributed by atoms with Gasteiger partial charge in [0.25, 0.3) is 0 Å². The van der Waals surface area contributed by atoms with Gasteiger partial charge in [0.2, 0.25) is 10.0 Å². The first-order valence-corrected chi connectivity index (χ1v) is 9.21. The van der Waals surface area contributed by atoms with Crippen LogP contribution in [0.2, 0.25) is 0 Å². The molecule has 1 aromatic rings. The molecule has 1 saturated heterocycles. The van der Waals surface area contributed by atoms with Crippen molar-refractivity contribution in [2.45, 2.75) is 30.3 Å². The van der Waals surface area contributed by atoms with Crippen LogP contribution in [0.1, 0.15) is 17.7 Å². The Morgan fingerprint density at radius 1 is 1.63 bits per heavy atom. The first-order chi connectivity index (χ1) is 8.94. The maximum Gasteiger partial charge on any atom is 0.242 e. The van der Waals surface area contributed by atoms with Crippen LogP contribution in [0.5, 0.6) is 0 Å². The highest BCUT2D eigenvalue weighted by molar-refractivity contribution is 9.11. The van der Waals surface area contributed by atoms with E-state index in [1.54, 1.807) is 6.07 Å². The smallest absolute Gasteiger partial charge is 0.242 e. The van der Waals surface area contributed by atoms with E-state index < -0.39 is 10.0 Å². The van der Waals surface area contributed by atoms with Gasteiger partial charge in [0.15, 0.2) is 0 Å². The van der Waals surface area contributed by atoms with Crippen LogP contribution in [0.4, 0.5) is 0 Å². The van der Waals surface area contributed by atoms with Gasteiger partial charge in [-0.3, -0.25) is 0 Å². The van der Waals surface area contributed by atoms with Crippen LogP contribution in [0, 0.1) is 0 Å². The highest BCUT2D eigenvalue weighted by atomic mass is 79.9. The number of rotatable bonds is 5. The molecule has 1 aliphatic heterocycles. The highest BCUT2D eigenvalue weighted by Crippen LogP contribution is 2.31. The fourth-order valence-corrected chi connectivity index (χ4v) is 5.83. The van der Waals surface area contributed by atoms with Crippen LogP contribution in [0.3, 0.4) is 0 Å². The maximum absolute atomic E-state index is 12.3. The van der Waals surface area contributed by atoms with Gasteiger partial charge in [-0.1, -0.05) is 0 Å². The average Bonchev–Trinajstić information content (AvgIpc) is 2.93. The third kappa shape index (κ3) is 3.56. The molecule has 3 N–H and O–H groups in total. The van der Waals surface area contributed by atoms with Gasteiger partial charge in [0, 0.05) is 24.0 Å². The molecule has 0 spiro atoms. The average molecular weight is 368 g/mol. The van der Waals surface area contributed by atoms with Crippen LogP contribution in [0.15, 0.2) is 14.7 Å². The summed E-state index contributed by atoms with van der Waals surface area (Å²) in [4.78, 5) is 3.33. The first kappa shape index (κ1) is 15.4. The van der Waals surface area contributed by atoms with Gasteiger partial charge in [-0.25, -0.2) is 13.1 Å². The van der Waals surface area contributed by atoms with E-state index in [1.165, 1.54) is 11.3 Å². The molecule has 0 aromatic carbocycles. The third-order valence-electron chi connectivity index (χ3n) is 3.38. The van der Waals surface area contributed by atoms with E-state index in [0.717, 1.165) is 24.3 Å². The molecule has 2 rings (SSSR count). The van der Waals surface area contributed by atoms with Crippen molar-refractivity contribution in [2.24, 2.45) is 5.73 Å². The molecule has 5 nitrogen and oxygen atoms in total. The largest absolute Gasteiger partial charge is 0.326 e. The van der Waals surface area contributed by atoms with E-state index >= 15 is 0 Å². The number of nitrogens with two attached hydrogens (primary N) is 1. The second-order valence-corrected chi connectivity index (χ2v) is 8.87. The van der Waals surface area contributed by atoms with Gasteiger partial charge in [-0.15, -0.1) is 11.3 Å². The molecule has 1 fully saturated rings. The Kier molecular flexibility index (Phi) is 5.02. The number of hydrogen-bond donors (Lipinski definition) is 2. The minimum absolute atomic E-state index is 0.290. The normalized spacial score (nSPS) is 21.1. The number of halogens is 1. The van der Waals surface area contributed by atoms with Crippen LogP contribution in [0.25, 0.3) is 0 Å². The number of nitrogens with zero attached hydrogens (tertiary/aromatic N) is 1. The van der Waals surface area contributed by atoms with Crippen molar-refractivity contribution >= 4 is 37.3 Å². The summed E-state index contributed by atoms with van der Waals surface area (Å²) < 4.78 is 27.8. The minimum atomic E-state index is -3.46. The summed E-state index contributed by atoms with van der Waals surface area (Å²) in [6, 6.07) is 1.93. The first-order valence-electron chi connectivity index (χ1n) is 6.12. The van der Waals surface area contributed by atoms with Gasteiger partial charge >= 0.3 is 0 Å². The number of hydrogen-bond acceptors (Lipinski definition) is 5. The van der Waals surface area contributed by atoms with Crippen LogP contribution >= 0.6 is 27.3 Å². The van der Waals surface area contributed by atoms with Crippen molar-refractivity contribution in [1.29, 1.82) is 0 Å². The predicted molar refractivity (Wildman–Crippen MR) is 80.8 cm³/mol. The number of likely N-dealkylation sites (N-methyl/N-ethyl adjacent to an activating group) is 1. The standard InChI is InChI=1S/C11H18BrN3O2S2/c1-15-4-2-3-8(15)7-14-19(16,17)10-5-9(6-13)18-11(10)12/h5,8,14H,2-4,6-7,13H2,1H3. The maximum atomic E-state index is 12.3. The van der Waals surface area contributed by atoms with E-state index in [2.05, 4.69) is 25.6 Å². The summed E-state index contributed by atoms with van der Waals surface area (Å²) in [6.07, 6.45) is 2.17. The molecule has 8 heteroatoms. The number of nitrogens with one attached hydrogen (secondary N) is 1. The Morgan fingerprint density at radius 2 is 2.37 bits per heavy atom. The summed E-state index contributed by atoms with van der Waals surface area (Å²) in [5.74, 6) is 0. The molecule has 108 valence electrons. The van der Waals surface area contributed by atoms with Crippen molar-refractivity contribution in [3.05, 3.63) is 14.7 Å². The van der Waals surface area contributed by atoms with Crippen LogP contribution in [-0.4, -0.2) is 39.5 Å². The van der Waals surface area contributed by atoms with Crippen LogP contribution in [-0.2, 0) is 16.6 Å². The molecule has 0 aliphatic carbocycles. The van der Waals surface area contributed by atoms with Crippen molar-refractivity contribution in [3.63, 3.8) is 0 Å². The summed E-state index contributed by atoms with van der Waals surface area (Å²) in [5, 5.41) is 0. The Bertz CT molecular complexity index is 544. The Morgan fingerprint density at radius 3 is 2.89 bits per heavy atom. The molecule has 0 bridgehead atoms. The summed E-state index contributed by atoms with van der Waals surface area (Å²) in [6.45, 7) is 1.84. The molecule has 0 saturated carbocycles. The molecule has 1 aliphatic rings. The molecular formula is C11H18BrN3O2S2. The number of likely N-dealkylation sites (tertiary alicyclic amines) is 1. The van der Waals surface area contributed by atoms with E-state index in [1.807, 2.05) is 7.05 Å². The van der Waals surface area contributed by atoms with E-state index in [-0.39, 0.29) is 0 Å². The Labute approximate surface area is 126 Å². The molecular weight excluding hydrogens is 350 g/mol. The van der Waals surface area contributed by atoms with Gasteiger partial charge in [-0.05, 0) is 48.4 Å². The van der Waals surface area contributed by atoms with Crippen LogP contribution < -0.4 is 10.5 Å². The molecule has 19 heavy (non-hydrogen) atoms. The topological polar surface area (TPSA) is 75.4 Å². The van der Waals surface area contributed by atoms with Gasteiger partial charge in [-0.2, -0.15) is 0 Å². The zero-order valence-electron chi connectivity index (χ0n) is 10.7. The molecule has 1 unspecified atom stereocenters. The lowest BCUT2D eigenvalue weighted by molar-refractivity contribution is 0.311. The fraction of sp³-hybridized carbons (Fsp3) is 0.636. The van der Waals surface area contributed by atoms with Gasteiger partial charge < -0.3 is 10.6 Å². The SMILES string of the molecule is CN1CCCC1CNS(=O)(=O)c1cc(CN)sc1Br. The van der Waals surface area contributed by atoms with Crippen molar-refractivity contribution in [3.8, 4) is 0 Å². The molecule has 0 radical (unpaired) electrons. The van der Waals surface area contributed by atoms with E-state index in [0.29, 0.717) is 27.8 Å². The van der Waals surface area contributed by atoms with E-state index in [9.17, 15) is 8.42 Å². The Balaban J connectivity index is 2.07. The number of thiophene rings is 1. The van der Waals surface area contributed by atoms with Crippen molar-refractivity contribution < 1.29 is 8.42 Å². The lowest BCUT2D eigenvalue weighted by Crippen LogP contribution is -2.38. The minimum Gasteiger partial charge on any atom is -0.326 e. The summed E-state index contributed by atoms with van der Waals surface area (Å²) in [5.41, 5.74) is 5.53. The molecule has 2 heterocycles.